The molecule has 14 rings (SSSR count). The van der Waals surface area contributed by atoms with Gasteiger partial charge < -0.3 is 4.57 Å². The van der Waals surface area contributed by atoms with Crippen molar-refractivity contribution in [3.8, 4) is 78.9 Å². The van der Waals surface area contributed by atoms with Crippen molar-refractivity contribution in [3.05, 3.63) is 266 Å². The number of hydrogen-bond donors (Lipinski definition) is 0. The number of allylic oxidation sites excluding steroid dienone is 4. The third-order valence-electron chi connectivity index (χ3n) is 14.6. The smallest absolute Gasteiger partial charge is 0.238 e. The molecule has 3 heterocycles. The highest BCUT2D eigenvalue weighted by atomic mass is 15.2. The highest BCUT2D eigenvalue weighted by Gasteiger charge is 2.25. The van der Waals surface area contributed by atoms with E-state index in [1.807, 2.05) is 6.07 Å². The number of rotatable bonds is 9. The van der Waals surface area contributed by atoms with E-state index in [1.54, 1.807) is 0 Å². The Kier molecular flexibility index (Phi) is 10.6. The van der Waals surface area contributed by atoms with Crippen molar-refractivity contribution >= 4 is 49.2 Å². The monoisotopic (exact) mass is 945 g/mol. The minimum atomic E-state index is 0.546. The highest BCUT2D eigenvalue weighted by molar-refractivity contribution is 6.24. The van der Waals surface area contributed by atoms with Gasteiger partial charge in [0.15, 0.2) is 11.6 Å². The number of aromatic nitrogens is 5. The molecule has 0 bridgehead atoms. The topological polar surface area (TPSA) is 48.5 Å². The van der Waals surface area contributed by atoms with E-state index >= 15 is 0 Å². The summed E-state index contributed by atoms with van der Waals surface area (Å²) in [5.41, 5.74) is 18.8. The fraction of sp³-hybridized carbons (Fsp3) is 0.0290. The van der Waals surface area contributed by atoms with Gasteiger partial charge in [0.2, 0.25) is 5.95 Å². The Bertz CT molecular complexity index is 4330. The number of nitrogens with zero attached hydrogens (tertiary/aromatic N) is 5. The zero-order valence-corrected chi connectivity index (χ0v) is 40.5. The summed E-state index contributed by atoms with van der Waals surface area (Å²) in [7, 11) is 0. The van der Waals surface area contributed by atoms with Crippen molar-refractivity contribution in [2.24, 2.45) is 0 Å². The third kappa shape index (κ3) is 7.53. The van der Waals surface area contributed by atoms with Crippen molar-refractivity contribution in [1.82, 2.24) is 24.1 Å². The first-order chi connectivity index (χ1) is 36.7. The number of fused-ring (bicyclic) bond motifs is 7. The Labute approximate surface area is 429 Å². The van der Waals surface area contributed by atoms with Crippen LogP contribution in [0.15, 0.2) is 261 Å². The maximum Gasteiger partial charge on any atom is 0.238 e. The zero-order chi connectivity index (χ0) is 49.0. The molecular weight excluding hydrogens is 899 g/mol. The highest BCUT2D eigenvalue weighted by Crippen LogP contribution is 2.44. The minimum absolute atomic E-state index is 0.546. The van der Waals surface area contributed by atoms with E-state index in [2.05, 4.69) is 264 Å². The molecule has 5 heteroatoms. The largest absolute Gasteiger partial charge is 0.307 e. The summed E-state index contributed by atoms with van der Waals surface area (Å²) in [4.78, 5) is 16.3. The first kappa shape index (κ1) is 43.1. The lowest BCUT2D eigenvalue weighted by Gasteiger charge is -2.19. The van der Waals surface area contributed by atoms with Gasteiger partial charge >= 0.3 is 0 Å². The van der Waals surface area contributed by atoms with Crippen LogP contribution in [0, 0.1) is 0 Å². The summed E-state index contributed by atoms with van der Waals surface area (Å²) in [6.07, 6.45) is 9.02. The minimum Gasteiger partial charge on any atom is -0.307 e. The van der Waals surface area contributed by atoms with E-state index in [-0.39, 0.29) is 0 Å². The molecule has 3 aromatic heterocycles. The Balaban J connectivity index is 1.04. The predicted octanol–water partition coefficient (Wildman–Crippen LogP) is 17.8. The van der Waals surface area contributed by atoms with Crippen LogP contribution in [0.5, 0.6) is 0 Å². The van der Waals surface area contributed by atoms with Crippen LogP contribution < -0.4 is 0 Å². The summed E-state index contributed by atoms with van der Waals surface area (Å²) in [5.74, 6) is 1.74. The van der Waals surface area contributed by atoms with Crippen LogP contribution >= 0.6 is 0 Å². The molecule has 0 aliphatic heterocycles. The number of benzene rings is 10. The molecule has 5 nitrogen and oxygen atoms in total. The maximum absolute atomic E-state index is 5.51. The maximum atomic E-state index is 5.51. The second kappa shape index (κ2) is 18.2. The lowest BCUT2D eigenvalue weighted by molar-refractivity contribution is 0.953. The molecule has 1 aliphatic carbocycles. The first-order valence-corrected chi connectivity index (χ1v) is 25.4. The molecule has 74 heavy (non-hydrogen) atoms. The van der Waals surface area contributed by atoms with Crippen molar-refractivity contribution in [1.29, 1.82) is 0 Å². The van der Waals surface area contributed by atoms with Crippen molar-refractivity contribution < 1.29 is 0 Å². The molecule has 0 radical (unpaired) electrons. The second-order valence-electron chi connectivity index (χ2n) is 19.1. The van der Waals surface area contributed by atoms with Crippen LogP contribution in [0.2, 0.25) is 0 Å². The van der Waals surface area contributed by atoms with E-state index < -0.39 is 0 Å². The Hall–Kier alpha value is -9.71. The SMILES string of the molecule is C1=CC(c2cc(-c3cccc(-c4ccccc4)c3)ccc2-n2c3ccccc3c3ccc4c5ccccc5n(-c5nc(-c6ccc(-c7ccccc7)cc6)nc(-c6cccc(-c7ccccc7)c6)n5)c4c32)=CCC1. The molecular formula is C69H47N5. The first-order valence-electron chi connectivity index (χ1n) is 25.4. The van der Waals surface area contributed by atoms with Gasteiger partial charge in [0.1, 0.15) is 0 Å². The summed E-state index contributed by atoms with van der Waals surface area (Å²) >= 11 is 0. The van der Waals surface area contributed by atoms with E-state index in [4.69, 9.17) is 15.0 Å². The van der Waals surface area contributed by atoms with Crippen molar-refractivity contribution in [2.45, 2.75) is 12.8 Å². The van der Waals surface area contributed by atoms with Gasteiger partial charge in [-0.05, 0) is 99.3 Å². The van der Waals surface area contributed by atoms with E-state index in [1.165, 1.54) is 38.8 Å². The van der Waals surface area contributed by atoms with Crippen molar-refractivity contribution in [3.63, 3.8) is 0 Å². The molecule has 0 atom stereocenters. The average Bonchev–Trinajstić information content (AvgIpc) is 4.01. The van der Waals surface area contributed by atoms with E-state index in [0.29, 0.717) is 17.6 Å². The van der Waals surface area contributed by atoms with E-state index in [0.717, 1.165) is 90.1 Å². The van der Waals surface area contributed by atoms with Gasteiger partial charge in [-0.3, -0.25) is 4.57 Å². The van der Waals surface area contributed by atoms with Crippen molar-refractivity contribution in [2.75, 3.05) is 0 Å². The standard InChI is InChI=1S/C69H47N5/c1-5-19-46(20-6-1)49-35-37-51(38-36-49)67-70-68(56-30-18-28-53(44-56)48-23-9-3-10-24-48)72-69(71-67)74-63-34-16-14-32-58(63)60-41-40-59-57-31-13-15-33-62(57)73(65(59)66(60)74)64-42-39-55(45-61(64)50-25-11-4-12-26-50)54-29-17-27-52(43-54)47-21-7-2-8-22-47/h1-3,5-11,13-45H,4,12H2. The zero-order valence-electron chi connectivity index (χ0n) is 40.5. The third-order valence-corrected chi connectivity index (χ3v) is 14.6. The molecule has 1 aliphatic rings. The van der Waals surface area contributed by atoms with Crippen LogP contribution in [0.3, 0.4) is 0 Å². The molecule has 13 aromatic rings. The molecule has 348 valence electrons. The Morgan fingerprint density at radius 1 is 0.311 bits per heavy atom. The summed E-state index contributed by atoms with van der Waals surface area (Å²) in [5, 5.41) is 4.56. The van der Waals surface area contributed by atoms with Crippen LogP contribution in [-0.2, 0) is 0 Å². The summed E-state index contributed by atoms with van der Waals surface area (Å²) in [6, 6.07) is 86.8. The van der Waals surface area contributed by atoms with Gasteiger partial charge in [-0.25, -0.2) is 4.98 Å². The fourth-order valence-electron chi connectivity index (χ4n) is 11.1. The van der Waals surface area contributed by atoms with Gasteiger partial charge in [0.25, 0.3) is 0 Å². The van der Waals surface area contributed by atoms with Gasteiger partial charge in [0, 0.05) is 38.2 Å². The molecule has 10 aromatic carbocycles. The quantitative estimate of drug-likeness (QED) is 0.145. The molecule has 0 amide bonds. The van der Waals surface area contributed by atoms with Crippen LogP contribution in [-0.4, -0.2) is 24.1 Å². The number of hydrogen-bond acceptors (Lipinski definition) is 3. The lowest BCUT2D eigenvalue weighted by atomic mass is 9.93. The van der Waals surface area contributed by atoms with Gasteiger partial charge in [-0.15, -0.1) is 0 Å². The molecule has 0 spiro atoms. The average molecular weight is 946 g/mol. The Morgan fingerprint density at radius 2 is 0.757 bits per heavy atom. The second-order valence-corrected chi connectivity index (χ2v) is 19.1. The summed E-state index contributed by atoms with van der Waals surface area (Å²) in [6.45, 7) is 0. The number of para-hydroxylation sites is 2. The Morgan fingerprint density at radius 3 is 1.36 bits per heavy atom. The summed E-state index contributed by atoms with van der Waals surface area (Å²) < 4.78 is 4.79. The molecule has 0 N–H and O–H groups in total. The molecule has 0 fully saturated rings. The van der Waals surface area contributed by atoms with Crippen LogP contribution in [0.25, 0.3) is 128 Å². The molecule has 0 unspecified atom stereocenters. The molecule has 0 saturated carbocycles. The molecule has 0 saturated heterocycles. The van der Waals surface area contributed by atoms with Crippen LogP contribution in [0.4, 0.5) is 0 Å². The predicted molar refractivity (Wildman–Crippen MR) is 307 cm³/mol. The van der Waals surface area contributed by atoms with Gasteiger partial charge in [-0.1, -0.05) is 224 Å². The lowest BCUT2D eigenvalue weighted by Crippen LogP contribution is -2.07. The van der Waals surface area contributed by atoms with E-state index in [9.17, 15) is 0 Å². The van der Waals surface area contributed by atoms with Crippen LogP contribution in [0.1, 0.15) is 18.4 Å². The fourth-order valence-corrected chi connectivity index (χ4v) is 11.1. The van der Waals surface area contributed by atoms with Gasteiger partial charge in [-0.2, -0.15) is 9.97 Å². The normalized spacial score (nSPS) is 12.5. The van der Waals surface area contributed by atoms with Gasteiger partial charge in [0.05, 0.1) is 27.8 Å².